The minimum absolute atomic E-state index is 0.133. The predicted molar refractivity (Wildman–Crippen MR) is 82.1 cm³/mol. The van der Waals surface area contributed by atoms with E-state index in [-0.39, 0.29) is 11.5 Å². The molecule has 0 saturated heterocycles. The molecule has 0 aliphatic carbocycles. The molecule has 2 aromatic heterocycles. The number of pyridine rings is 1. The van der Waals surface area contributed by atoms with Gasteiger partial charge in [0.15, 0.2) is 0 Å². The molecule has 1 aromatic carbocycles. The van der Waals surface area contributed by atoms with Crippen LogP contribution in [0.2, 0.25) is 0 Å². The average Bonchev–Trinajstić information content (AvgIpc) is 2.55. The van der Waals surface area contributed by atoms with Gasteiger partial charge in [0.05, 0.1) is 11.3 Å². The van der Waals surface area contributed by atoms with Crippen molar-refractivity contribution in [3.05, 3.63) is 60.6 Å². The van der Waals surface area contributed by atoms with Crippen molar-refractivity contribution in [2.45, 2.75) is 0 Å². The third-order valence-electron chi connectivity index (χ3n) is 3.18. The molecule has 0 amide bonds. The second-order valence-corrected chi connectivity index (χ2v) is 4.61. The molecular formula is C16H12N4O2. The molecule has 3 N–H and O–H groups in total. The molecule has 0 bridgehead atoms. The van der Waals surface area contributed by atoms with Gasteiger partial charge in [-0.2, -0.15) is 0 Å². The Hall–Kier alpha value is -3.28. The van der Waals surface area contributed by atoms with Gasteiger partial charge in [-0.15, -0.1) is 0 Å². The lowest BCUT2D eigenvalue weighted by atomic mass is 10.0. The number of carbonyl (C=O) groups is 1. The maximum atomic E-state index is 11.1. The van der Waals surface area contributed by atoms with Gasteiger partial charge < -0.3 is 10.8 Å². The van der Waals surface area contributed by atoms with Gasteiger partial charge in [0.1, 0.15) is 0 Å². The van der Waals surface area contributed by atoms with Gasteiger partial charge in [-0.1, -0.05) is 12.1 Å². The number of anilines is 1. The Morgan fingerprint density at radius 2 is 1.86 bits per heavy atom. The summed E-state index contributed by atoms with van der Waals surface area (Å²) >= 11 is 0. The number of rotatable bonds is 3. The Kier molecular flexibility index (Phi) is 3.49. The van der Waals surface area contributed by atoms with Crippen LogP contribution in [0.4, 0.5) is 5.95 Å². The maximum Gasteiger partial charge on any atom is 0.335 e. The Morgan fingerprint density at radius 1 is 1.09 bits per heavy atom. The lowest BCUT2D eigenvalue weighted by Crippen LogP contribution is -2.00. The van der Waals surface area contributed by atoms with Gasteiger partial charge in [0.25, 0.3) is 0 Å². The summed E-state index contributed by atoms with van der Waals surface area (Å²) < 4.78 is 0. The first kappa shape index (κ1) is 13.7. The standard InChI is InChI=1S/C16H12N4O2/c17-16-19-9-13(10-4-6-18-7-5-10)14(20-16)11-2-1-3-12(8-11)15(21)22/h1-9H,(H,21,22)(H2,17,19,20). The van der Waals surface area contributed by atoms with Crippen molar-refractivity contribution in [3.63, 3.8) is 0 Å². The van der Waals surface area contributed by atoms with Crippen LogP contribution in [0.1, 0.15) is 10.4 Å². The molecule has 0 fully saturated rings. The monoisotopic (exact) mass is 292 g/mol. The Balaban J connectivity index is 2.20. The number of benzene rings is 1. The molecule has 6 heteroatoms. The zero-order chi connectivity index (χ0) is 15.5. The van der Waals surface area contributed by atoms with Crippen LogP contribution in [0, 0.1) is 0 Å². The third kappa shape index (κ3) is 2.62. The van der Waals surface area contributed by atoms with E-state index < -0.39 is 5.97 Å². The molecule has 0 saturated carbocycles. The highest BCUT2D eigenvalue weighted by atomic mass is 16.4. The van der Waals surface area contributed by atoms with Gasteiger partial charge in [-0.3, -0.25) is 4.98 Å². The second-order valence-electron chi connectivity index (χ2n) is 4.61. The van der Waals surface area contributed by atoms with Crippen molar-refractivity contribution in [1.29, 1.82) is 0 Å². The first-order valence-corrected chi connectivity index (χ1v) is 6.52. The minimum Gasteiger partial charge on any atom is -0.478 e. The number of hydrogen-bond acceptors (Lipinski definition) is 5. The summed E-state index contributed by atoms with van der Waals surface area (Å²) in [5.41, 5.74) is 8.78. The zero-order valence-electron chi connectivity index (χ0n) is 11.5. The Labute approximate surface area is 126 Å². The normalized spacial score (nSPS) is 10.4. The summed E-state index contributed by atoms with van der Waals surface area (Å²) in [6, 6.07) is 10.2. The van der Waals surface area contributed by atoms with E-state index in [2.05, 4.69) is 15.0 Å². The largest absolute Gasteiger partial charge is 0.478 e. The van der Waals surface area contributed by atoms with Crippen LogP contribution in [0.15, 0.2) is 55.0 Å². The molecule has 108 valence electrons. The quantitative estimate of drug-likeness (QED) is 0.769. The molecule has 6 nitrogen and oxygen atoms in total. The lowest BCUT2D eigenvalue weighted by molar-refractivity contribution is 0.0697. The molecule has 0 aliphatic rings. The molecule has 0 aliphatic heterocycles. The fourth-order valence-corrected chi connectivity index (χ4v) is 2.16. The third-order valence-corrected chi connectivity index (χ3v) is 3.18. The van der Waals surface area contributed by atoms with Crippen molar-refractivity contribution < 1.29 is 9.90 Å². The molecule has 3 rings (SSSR count). The zero-order valence-corrected chi connectivity index (χ0v) is 11.5. The van der Waals surface area contributed by atoms with Gasteiger partial charge in [-0.05, 0) is 29.8 Å². The molecular weight excluding hydrogens is 280 g/mol. The van der Waals surface area contributed by atoms with Crippen LogP contribution in [0.5, 0.6) is 0 Å². The fraction of sp³-hybridized carbons (Fsp3) is 0. The van der Waals surface area contributed by atoms with E-state index in [9.17, 15) is 4.79 Å². The lowest BCUT2D eigenvalue weighted by Gasteiger charge is -2.10. The summed E-state index contributed by atoms with van der Waals surface area (Å²) in [5, 5.41) is 9.13. The number of nitrogens with two attached hydrogens (primary N) is 1. The van der Waals surface area contributed by atoms with Gasteiger partial charge in [-0.25, -0.2) is 14.8 Å². The van der Waals surface area contributed by atoms with Crippen LogP contribution in [0.25, 0.3) is 22.4 Å². The Bertz CT molecular complexity index is 835. The van der Waals surface area contributed by atoms with E-state index in [1.54, 1.807) is 36.8 Å². The van der Waals surface area contributed by atoms with Crippen molar-refractivity contribution in [2.75, 3.05) is 5.73 Å². The molecule has 0 atom stereocenters. The molecule has 0 spiro atoms. The van der Waals surface area contributed by atoms with Crippen molar-refractivity contribution in [1.82, 2.24) is 15.0 Å². The smallest absolute Gasteiger partial charge is 0.335 e. The van der Waals surface area contributed by atoms with E-state index in [1.807, 2.05) is 12.1 Å². The topological polar surface area (TPSA) is 102 Å². The molecule has 3 aromatic rings. The number of nitrogens with zero attached hydrogens (tertiary/aromatic N) is 3. The summed E-state index contributed by atoms with van der Waals surface area (Å²) in [6.07, 6.45) is 4.97. The average molecular weight is 292 g/mol. The number of nitrogen functional groups attached to an aromatic ring is 1. The summed E-state index contributed by atoms with van der Waals surface area (Å²) in [5.74, 6) is -0.858. The number of carboxylic acids is 1. The van der Waals surface area contributed by atoms with E-state index >= 15 is 0 Å². The molecule has 22 heavy (non-hydrogen) atoms. The number of aromatic carboxylic acids is 1. The highest BCUT2D eigenvalue weighted by molar-refractivity contribution is 5.90. The summed E-state index contributed by atoms with van der Waals surface area (Å²) in [7, 11) is 0. The first-order chi connectivity index (χ1) is 10.6. The summed E-state index contributed by atoms with van der Waals surface area (Å²) in [4.78, 5) is 23.4. The van der Waals surface area contributed by atoms with Crippen molar-refractivity contribution in [3.8, 4) is 22.4 Å². The van der Waals surface area contributed by atoms with E-state index in [0.717, 1.165) is 11.1 Å². The summed E-state index contributed by atoms with van der Waals surface area (Å²) in [6.45, 7) is 0. The minimum atomic E-state index is -0.991. The van der Waals surface area contributed by atoms with Crippen molar-refractivity contribution >= 4 is 11.9 Å². The number of carboxylic acid groups (broad SMARTS) is 1. The van der Waals surface area contributed by atoms with Gasteiger partial charge in [0.2, 0.25) is 5.95 Å². The van der Waals surface area contributed by atoms with Gasteiger partial charge >= 0.3 is 5.97 Å². The van der Waals surface area contributed by atoms with E-state index in [4.69, 9.17) is 10.8 Å². The maximum absolute atomic E-state index is 11.1. The molecule has 2 heterocycles. The van der Waals surface area contributed by atoms with Crippen molar-refractivity contribution in [2.24, 2.45) is 0 Å². The van der Waals surface area contributed by atoms with Crippen LogP contribution in [-0.2, 0) is 0 Å². The van der Waals surface area contributed by atoms with Crippen LogP contribution < -0.4 is 5.73 Å². The highest BCUT2D eigenvalue weighted by Crippen LogP contribution is 2.30. The van der Waals surface area contributed by atoms with Gasteiger partial charge in [0, 0.05) is 29.7 Å². The van der Waals surface area contributed by atoms with Crippen LogP contribution >= 0.6 is 0 Å². The van der Waals surface area contributed by atoms with E-state index in [1.165, 1.54) is 6.07 Å². The molecule has 0 unspecified atom stereocenters. The van der Waals surface area contributed by atoms with Crippen LogP contribution in [-0.4, -0.2) is 26.0 Å². The SMILES string of the molecule is Nc1ncc(-c2ccncc2)c(-c2cccc(C(=O)O)c2)n1. The van der Waals surface area contributed by atoms with Crippen LogP contribution in [0.3, 0.4) is 0 Å². The highest BCUT2D eigenvalue weighted by Gasteiger charge is 2.12. The molecule has 0 radical (unpaired) electrons. The van der Waals surface area contributed by atoms with E-state index in [0.29, 0.717) is 11.3 Å². The second kappa shape index (κ2) is 5.61. The number of hydrogen-bond donors (Lipinski definition) is 2. The number of aromatic nitrogens is 3. The fourth-order valence-electron chi connectivity index (χ4n) is 2.16. The first-order valence-electron chi connectivity index (χ1n) is 6.52. The predicted octanol–water partition coefficient (Wildman–Crippen LogP) is 2.49. The Morgan fingerprint density at radius 3 is 2.59 bits per heavy atom.